The second-order valence-corrected chi connectivity index (χ2v) is 13.2. The molecular weight excluding hydrogens is 506 g/mol. The summed E-state index contributed by atoms with van der Waals surface area (Å²) in [6, 6.07) is 40.9. The molecular formula is C36H27NO2Si. The van der Waals surface area contributed by atoms with Crippen LogP contribution in [0.4, 0.5) is 5.69 Å². The zero-order valence-electron chi connectivity index (χ0n) is 26.5. The maximum Gasteiger partial charge on any atom is 0.277 e. The van der Waals surface area contributed by atoms with Crippen molar-refractivity contribution in [3.8, 4) is 22.3 Å². The van der Waals surface area contributed by atoms with E-state index in [0.717, 1.165) is 26.3 Å². The van der Waals surface area contributed by atoms with Gasteiger partial charge in [-0.05, 0) is 43.5 Å². The molecule has 0 saturated heterocycles. The van der Waals surface area contributed by atoms with Gasteiger partial charge in [0.25, 0.3) is 5.69 Å². The van der Waals surface area contributed by atoms with Crippen LogP contribution in [0.15, 0.2) is 164 Å². The first-order chi connectivity index (χ1) is 21.7. The Balaban J connectivity index is 1.65. The smallest absolute Gasteiger partial charge is 0.258 e. The predicted octanol–water partition coefficient (Wildman–Crippen LogP) is 6.31. The van der Waals surface area contributed by atoms with Crippen molar-refractivity contribution < 1.29 is 11.8 Å². The van der Waals surface area contributed by atoms with E-state index in [9.17, 15) is 10.1 Å². The molecule has 40 heavy (non-hydrogen) atoms. The molecule has 0 unspecified atom stereocenters. The molecule has 6 aromatic carbocycles. The fraction of sp³-hybridized carbons (Fsp3) is 0. The lowest BCUT2D eigenvalue weighted by Crippen LogP contribution is -2.74. The molecule has 0 saturated carbocycles. The summed E-state index contributed by atoms with van der Waals surface area (Å²) < 4.78 is 41.8. The van der Waals surface area contributed by atoms with Gasteiger partial charge in [0.15, 0.2) is 8.07 Å². The first-order valence-electron chi connectivity index (χ1n) is 15.4. The van der Waals surface area contributed by atoms with Gasteiger partial charge in [0.1, 0.15) is 0 Å². The molecule has 0 bridgehead atoms. The Morgan fingerprint density at radius 3 is 1.70 bits per heavy atom. The normalized spacial score (nSPS) is 12.9. The summed E-state index contributed by atoms with van der Waals surface area (Å²) in [4.78, 5) is 11.4. The standard InChI is InChI=1S/C36H27NO2Si/c38-37(39)36-22-11-10-21-35(36)29-23-25-33(26-24-29)40(31-16-6-2-7-17-31,32-18-8-3-9-19-32)34-20-12-15-30(27-34)28-13-4-1-5-14-28/h1-27H/i1D,4D,5D,13D,14D. The Kier molecular flexibility index (Phi) is 5.46. The quantitative estimate of drug-likeness (QED) is 0.104. The van der Waals surface area contributed by atoms with Crippen LogP contribution in [0.5, 0.6) is 0 Å². The van der Waals surface area contributed by atoms with Gasteiger partial charge in [-0.2, -0.15) is 0 Å². The minimum absolute atomic E-state index is 0.0335. The molecule has 6 rings (SSSR count). The van der Waals surface area contributed by atoms with E-state index in [2.05, 4.69) is 24.3 Å². The second kappa shape index (κ2) is 11.0. The Morgan fingerprint density at radius 2 is 1.07 bits per heavy atom. The second-order valence-electron chi connectivity index (χ2n) is 9.41. The average molecular weight is 539 g/mol. The molecule has 6 aromatic rings. The number of nitro groups is 1. The van der Waals surface area contributed by atoms with E-state index < -0.39 is 14.1 Å². The molecule has 0 spiro atoms. The van der Waals surface area contributed by atoms with E-state index >= 15 is 0 Å². The highest BCUT2D eigenvalue weighted by Gasteiger charge is 2.41. The van der Waals surface area contributed by atoms with Crippen LogP contribution in [0.2, 0.25) is 0 Å². The molecule has 192 valence electrons. The average Bonchev–Trinajstić information content (AvgIpc) is 3.08. The summed E-state index contributed by atoms with van der Waals surface area (Å²) >= 11 is 0. The molecule has 0 amide bonds. The monoisotopic (exact) mass is 538 g/mol. The van der Waals surface area contributed by atoms with E-state index in [-0.39, 0.29) is 40.3 Å². The van der Waals surface area contributed by atoms with Crippen molar-refractivity contribution in [3.05, 3.63) is 174 Å². The lowest BCUT2D eigenvalue weighted by molar-refractivity contribution is -0.384. The highest BCUT2D eigenvalue weighted by atomic mass is 28.3. The highest BCUT2D eigenvalue weighted by Crippen LogP contribution is 2.29. The van der Waals surface area contributed by atoms with Crippen molar-refractivity contribution in [1.82, 2.24) is 0 Å². The zero-order valence-corrected chi connectivity index (χ0v) is 22.5. The topological polar surface area (TPSA) is 43.1 Å². The van der Waals surface area contributed by atoms with Gasteiger partial charge < -0.3 is 0 Å². The van der Waals surface area contributed by atoms with Gasteiger partial charge in [-0.1, -0.05) is 152 Å². The van der Waals surface area contributed by atoms with E-state index in [1.165, 1.54) is 6.07 Å². The summed E-state index contributed by atoms with van der Waals surface area (Å²) in [5.41, 5.74) is 1.97. The fourth-order valence-corrected chi connectivity index (χ4v) is 10.2. The van der Waals surface area contributed by atoms with Crippen LogP contribution in [0.1, 0.15) is 6.85 Å². The Morgan fingerprint density at radius 1 is 0.525 bits per heavy atom. The summed E-state index contributed by atoms with van der Waals surface area (Å²) in [5, 5.41) is 16.0. The van der Waals surface area contributed by atoms with Crippen molar-refractivity contribution >= 4 is 34.5 Å². The minimum atomic E-state index is -3.08. The van der Waals surface area contributed by atoms with Crippen LogP contribution in [-0.4, -0.2) is 13.0 Å². The van der Waals surface area contributed by atoms with Gasteiger partial charge in [0.05, 0.1) is 17.3 Å². The van der Waals surface area contributed by atoms with Crippen molar-refractivity contribution in [1.29, 1.82) is 0 Å². The molecule has 0 aliphatic carbocycles. The van der Waals surface area contributed by atoms with Crippen LogP contribution in [0, 0.1) is 10.1 Å². The summed E-state index contributed by atoms with van der Waals surface area (Å²) in [6.45, 7) is 0. The predicted molar refractivity (Wildman–Crippen MR) is 168 cm³/mol. The Bertz CT molecular complexity index is 1970. The number of nitro benzene ring substituents is 1. The minimum Gasteiger partial charge on any atom is -0.258 e. The van der Waals surface area contributed by atoms with Crippen LogP contribution in [-0.2, 0) is 0 Å². The van der Waals surface area contributed by atoms with Gasteiger partial charge >= 0.3 is 0 Å². The van der Waals surface area contributed by atoms with Crippen LogP contribution >= 0.6 is 0 Å². The first kappa shape index (κ1) is 19.9. The number of para-hydroxylation sites is 1. The maximum atomic E-state index is 11.8. The largest absolute Gasteiger partial charge is 0.277 e. The van der Waals surface area contributed by atoms with Crippen molar-refractivity contribution in [2.75, 3.05) is 0 Å². The Labute approximate surface area is 242 Å². The molecule has 0 radical (unpaired) electrons. The van der Waals surface area contributed by atoms with Crippen LogP contribution in [0.3, 0.4) is 0 Å². The summed E-state index contributed by atoms with van der Waals surface area (Å²) in [5.74, 6) is 0. The van der Waals surface area contributed by atoms with Gasteiger partial charge in [-0.25, -0.2) is 0 Å². The van der Waals surface area contributed by atoms with Crippen molar-refractivity contribution in [2.45, 2.75) is 0 Å². The number of hydrogen-bond donors (Lipinski definition) is 0. The Hall–Kier alpha value is -5.06. The molecule has 0 heterocycles. The third-order valence-electron chi connectivity index (χ3n) is 7.23. The van der Waals surface area contributed by atoms with Crippen molar-refractivity contribution in [2.24, 2.45) is 0 Å². The van der Waals surface area contributed by atoms with Crippen LogP contribution in [0.25, 0.3) is 22.3 Å². The van der Waals surface area contributed by atoms with E-state index in [1.54, 1.807) is 24.3 Å². The molecule has 0 fully saturated rings. The molecule has 4 heteroatoms. The van der Waals surface area contributed by atoms with E-state index in [0.29, 0.717) is 11.1 Å². The molecule has 3 nitrogen and oxygen atoms in total. The number of benzene rings is 6. The van der Waals surface area contributed by atoms with Gasteiger partial charge in [0.2, 0.25) is 0 Å². The molecule has 0 N–H and O–H groups in total. The summed E-state index contributed by atoms with van der Waals surface area (Å²) in [6.07, 6.45) is 0. The number of hydrogen-bond acceptors (Lipinski definition) is 2. The maximum absolute atomic E-state index is 11.8. The van der Waals surface area contributed by atoms with E-state index in [1.807, 2.05) is 78.9 Å². The highest BCUT2D eigenvalue weighted by molar-refractivity contribution is 7.19. The first-order valence-corrected chi connectivity index (χ1v) is 14.9. The third-order valence-corrected chi connectivity index (χ3v) is 12.0. The van der Waals surface area contributed by atoms with Gasteiger partial charge in [0, 0.05) is 6.07 Å². The lowest BCUT2D eigenvalue weighted by atomic mass is 10.0. The number of rotatable bonds is 7. The SMILES string of the molecule is [2H]c1c([2H])c([2H])c(-c2cccc([Si](c3ccccc3)(c3ccccc3)c3ccc(-c4ccccc4[N+](=O)[O-])cc3)c2)c([2H])c1[2H]. The lowest BCUT2D eigenvalue weighted by Gasteiger charge is -2.34. The number of nitrogens with zero attached hydrogens (tertiary/aromatic N) is 1. The zero-order chi connectivity index (χ0) is 31.7. The van der Waals surface area contributed by atoms with Gasteiger partial charge in [-0.3, -0.25) is 10.1 Å². The van der Waals surface area contributed by atoms with Crippen molar-refractivity contribution in [3.63, 3.8) is 0 Å². The molecule has 0 aromatic heterocycles. The molecule has 0 aliphatic heterocycles. The van der Waals surface area contributed by atoms with E-state index in [4.69, 9.17) is 6.85 Å². The summed E-state index contributed by atoms with van der Waals surface area (Å²) in [7, 11) is -3.08. The van der Waals surface area contributed by atoms with Crippen LogP contribution < -0.4 is 20.7 Å². The third kappa shape index (κ3) is 4.55. The molecule has 0 atom stereocenters. The fourth-order valence-electron chi connectivity index (χ4n) is 5.46. The van der Waals surface area contributed by atoms with Gasteiger partial charge in [-0.15, -0.1) is 0 Å². The molecule has 0 aliphatic rings.